The molecular weight excluding hydrogens is 350 g/mol. The minimum Gasteiger partial charge on any atom is -0.496 e. The molecule has 4 rings (SSSR count). The summed E-state index contributed by atoms with van der Waals surface area (Å²) >= 11 is 1.56. The second kappa shape index (κ2) is 6.72. The second-order valence-electron chi connectivity index (χ2n) is 5.74. The molecule has 4 aromatic rings. The first kappa shape index (κ1) is 16.5. The molecule has 132 valence electrons. The van der Waals surface area contributed by atoms with Crippen LogP contribution < -0.4 is 4.74 Å². The summed E-state index contributed by atoms with van der Waals surface area (Å²) in [5, 5.41) is 4.75. The summed E-state index contributed by atoms with van der Waals surface area (Å²) in [7, 11) is 1.66. The van der Waals surface area contributed by atoms with Crippen LogP contribution in [0.1, 0.15) is 24.7 Å². The van der Waals surface area contributed by atoms with Crippen molar-refractivity contribution < 1.29 is 9.26 Å². The highest BCUT2D eigenvalue weighted by Crippen LogP contribution is 2.36. The van der Waals surface area contributed by atoms with Gasteiger partial charge in [-0.1, -0.05) is 17.3 Å². The van der Waals surface area contributed by atoms with E-state index in [-0.39, 0.29) is 6.04 Å². The number of nitrogens with zero attached hydrogens (tertiary/aromatic N) is 5. The summed E-state index contributed by atoms with van der Waals surface area (Å²) in [5.74, 6) is 2.78. The molecule has 3 aromatic heterocycles. The predicted molar refractivity (Wildman–Crippen MR) is 98.2 cm³/mol. The van der Waals surface area contributed by atoms with Gasteiger partial charge in [0.05, 0.1) is 17.6 Å². The zero-order valence-corrected chi connectivity index (χ0v) is 15.4. The van der Waals surface area contributed by atoms with Gasteiger partial charge < -0.3 is 13.8 Å². The van der Waals surface area contributed by atoms with Gasteiger partial charge in [0.1, 0.15) is 16.8 Å². The van der Waals surface area contributed by atoms with Gasteiger partial charge in [0.25, 0.3) is 0 Å². The Bertz CT molecular complexity index is 1040. The maximum atomic E-state index is 5.44. The van der Waals surface area contributed by atoms with Gasteiger partial charge in [0.15, 0.2) is 11.6 Å². The number of para-hydroxylation sites is 1. The van der Waals surface area contributed by atoms with Crippen LogP contribution in [0.15, 0.2) is 47.4 Å². The van der Waals surface area contributed by atoms with E-state index >= 15 is 0 Å². The number of methoxy groups -OCH3 is 1. The number of ether oxygens (including phenoxy) is 1. The van der Waals surface area contributed by atoms with Crippen LogP contribution in [0.5, 0.6) is 5.75 Å². The van der Waals surface area contributed by atoms with E-state index in [2.05, 4.69) is 20.1 Å². The summed E-state index contributed by atoms with van der Waals surface area (Å²) < 4.78 is 12.8. The maximum Gasteiger partial charge on any atom is 0.249 e. The van der Waals surface area contributed by atoms with Gasteiger partial charge in [0.2, 0.25) is 5.89 Å². The monoisotopic (exact) mass is 367 g/mol. The van der Waals surface area contributed by atoms with Gasteiger partial charge in [-0.15, -0.1) is 11.3 Å². The Morgan fingerprint density at radius 3 is 2.85 bits per heavy atom. The van der Waals surface area contributed by atoms with E-state index in [9.17, 15) is 0 Å². The van der Waals surface area contributed by atoms with Gasteiger partial charge in [-0.05, 0) is 26.0 Å². The van der Waals surface area contributed by atoms with Crippen molar-refractivity contribution in [2.75, 3.05) is 7.11 Å². The third-order valence-electron chi connectivity index (χ3n) is 4.05. The number of benzene rings is 1. The normalized spacial score (nSPS) is 12.3. The summed E-state index contributed by atoms with van der Waals surface area (Å²) in [6, 6.07) is 7.72. The van der Waals surface area contributed by atoms with Crippen LogP contribution in [0.25, 0.3) is 21.3 Å². The standard InChI is InChI=1S/C18H17N5O2S/c1-11(17-21-12(2)22-25-17)23-9-8-19-16(23)15-10-20-18(26-15)13-6-4-5-7-14(13)24-3/h4-11H,1-3H3/t11-/m0/s1. The summed E-state index contributed by atoms with van der Waals surface area (Å²) in [6.45, 7) is 3.80. The van der Waals surface area contributed by atoms with Crippen LogP contribution in [0, 0.1) is 6.92 Å². The van der Waals surface area contributed by atoms with E-state index in [0.29, 0.717) is 11.7 Å². The quantitative estimate of drug-likeness (QED) is 0.531. The van der Waals surface area contributed by atoms with Gasteiger partial charge in [0, 0.05) is 18.6 Å². The van der Waals surface area contributed by atoms with E-state index in [1.54, 1.807) is 31.6 Å². The van der Waals surface area contributed by atoms with Crippen LogP contribution in [0.2, 0.25) is 0 Å². The lowest BCUT2D eigenvalue weighted by molar-refractivity contribution is 0.344. The Kier molecular flexibility index (Phi) is 4.26. The Labute approximate surface area is 154 Å². The topological polar surface area (TPSA) is 78.9 Å². The predicted octanol–water partition coefficient (Wildman–Crippen LogP) is 3.98. The number of hydrogen-bond acceptors (Lipinski definition) is 7. The molecule has 0 bridgehead atoms. The SMILES string of the molecule is COc1ccccc1-c1ncc(-c2nccn2[C@@H](C)c2nc(C)no2)s1. The van der Waals surface area contributed by atoms with E-state index < -0.39 is 0 Å². The van der Waals surface area contributed by atoms with Crippen molar-refractivity contribution in [2.24, 2.45) is 0 Å². The maximum absolute atomic E-state index is 5.44. The van der Waals surface area contributed by atoms with Gasteiger partial charge >= 0.3 is 0 Å². The minimum absolute atomic E-state index is 0.120. The number of hydrogen-bond donors (Lipinski definition) is 0. The lowest BCUT2D eigenvalue weighted by Crippen LogP contribution is -2.07. The lowest BCUT2D eigenvalue weighted by Gasteiger charge is -2.11. The molecule has 0 aliphatic carbocycles. The molecule has 1 aromatic carbocycles. The molecule has 0 fully saturated rings. The Hall–Kier alpha value is -3.00. The highest BCUT2D eigenvalue weighted by Gasteiger charge is 2.20. The molecule has 1 atom stereocenters. The largest absolute Gasteiger partial charge is 0.496 e. The molecule has 0 saturated carbocycles. The average molecular weight is 367 g/mol. The van der Waals surface area contributed by atoms with Crippen LogP contribution >= 0.6 is 11.3 Å². The number of imidazole rings is 1. The molecule has 0 unspecified atom stereocenters. The summed E-state index contributed by atoms with van der Waals surface area (Å²) in [5.41, 5.74) is 0.963. The molecule has 7 nitrogen and oxygen atoms in total. The smallest absolute Gasteiger partial charge is 0.249 e. The molecule has 0 N–H and O–H groups in total. The molecule has 0 saturated heterocycles. The molecule has 0 spiro atoms. The highest BCUT2D eigenvalue weighted by molar-refractivity contribution is 7.18. The zero-order valence-electron chi connectivity index (χ0n) is 14.6. The highest BCUT2D eigenvalue weighted by atomic mass is 32.1. The van der Waals surface area contributed by atoms with Crippen molar-refractivity contribution in [3.63, 3.8) is 0 Å². The first-order valence-electron chi connectivity index (χ1n) is 8.10. The van der Waals surface area contributed by atoms with Crippen molar-refractivity contribution in [1.29, 1.82) is 0 Å². The van der Waals surface area contributed by atoms with Gasteiger partial charge in [-0.3, -0.25) is 0 Å². The molecule has 26 heavy (non-hydrogen) atoms. The Morgan fingerprint density at radius 2 is 2.08 bits per heavy atom. The van der Waals surface area contributed by atoms with Crippen molar-refractivity contribution in [3.8, 4) is 27.0 Å². The van der Waals surface area contributed by atoms with E-state index in [1.807, 2.05) is 48.1 Å². The fourth-order valence-electron chi connectivity index (χ4n) is 2.74. The van der Waals surface area contributed by atoms with Gasteiger partial charge in [-0.25, -0.2) is 9.97 Å². The number of thiazole rings is 1. The first-order valence-corrected chi connectivity index (χ1v) is 8.91. The van der Waals surface area contributed by atoms with E-state index in [4.69, 9.17) is 9.26 Å². The first-order chi connectivity index (χ1) is 12.7. The molecule has 3 heterocycles. The molecular formula is C18H17N5O2S. The van der Waals surface area contributed by atoms with Crippen LogP contribution in [0.4, 0.5) is 0 Å². The number of aryl methyl sites for hydroxylation is 1. The zero-order chi connectivity index (χ0) is 18.1. The Balaban J connectivity index is 1.70. The molecule has 0 aliphatic rings. The van der Waals surface area contributed by atoms with Crippen LogP contribution in [-0.2, 0) is 0 Å². The lowest BCUT2D eigenvalue weighted by atomic mass is 10.2. The van der Waals surface area contributed by atoms with E-state index in [0.717, 1.165) is 27.0 Å². The third kappa shape index (κ3) is 2.88. The fourth-order valence-corrected chi connectivity index (χ4v) is 3.69. The van der Waals surface area contributed by atoms with Crippen LogP contribution in [-0.4, -0.2) is 31.8 Å². The van der Waals surface area contributed by atoms with Crippen molar-refractivity contribution in [3.05, 3.63) is 54.6 Å². The number of aromatic nitrogens is 5. The molecule has 0 amide bonds. The molecule has 8 heteroatoms. The second-order valence-corrected chi connectivity index (χ2v) is 6.77. The van der Waals surface area contributed by atoms with Crippen molar-refractivity contribution in [1.82, 2.24) is 24.7 Å². The van der Waals surface area contributed by atoms with Crippen molar-refractivity contribution >= 4 is 11.3 Å². The molecule has 0 aliphatic heterocycles. The van der Waals surface area contributed by atoms with Crippen molar-refractivity contribution in [2.45, 2.75) is 19.9 Å². The molecule has 0 radical (unpaired) electrons. The summed E-state index contributed by atoms with van der Waals surface area (Å²) in [4.78, 5) is 14.3. The fraction of sp³-hybridized carbons (Fsp3) is 0.222. The van der Waals surface area contributed by atoms with Crippen LogP contribution in [0.3, 0.4) is 0 Å². The average Bonchev–Trinajstić information content (AvgIpc) is 3.40. The van der Waals surface area contributed by atoms with Gasteiger partial charge in [-0.2, -0.15) is 4.98 Å². The third-order valence-corrected chi connectivity index (χ3v) is 5.08. The minimum atomic E-state index is -0.120. The Morgan fingerprint density at radius 1 is 1.23 bits per heavy atom. The number of rotatable bonds is 5. The van der Waals surface area contributed by atoms with E-state index in [1.165, 1.54) is 0 Å². The summed E-state index contributed by atoms with van der Waals surface area (Å²) in [6.07, 6.45) is 5.50.